The van der Waals surface area contributed by atoms with E-state index < -0.39 is 0 Å². The molecule has 0 aliphatic carbocycles. The molecule has 0 radical (unpaired) electrons. The Bertz CT molecular complexity index is 962. The van der Waals surface area contributed by atoms with Crippen molar-refractivity contribution in [1.29, 1.82) is 0 Å². The lowest BCUT2D eigenvalue weighted by Crippen LogP contribution is -2.38. The van der Waals surface area contributed by atoms with Crippen LogP contribution in [-0.4, -0.2) is 57.7 Å². The Morgan fingerprint density at radius 1 is 1.13 bits per heavy atom. The van der Waals surface area contributed by atoms with E-state index in [0.29, 0.717) is 17.6 Å². The van der Waals surface area contributed by atoms with Crippen molar-refractivity contribution in [1.82, 2.24) is 24.8 Å². The third-order valence-electron chi connectivity index (χ3n) is 6.12. The van der Waals surface area contributed by atoms with Crippen LogP contribution in [0.1, 0.15) is 32.2 Å². The van der Waals surface area contributed by atoms with Crippen molar-refractivity contribution in [3.63, 3.8) is 0 Å². The Morgan fingerprint density at radius 2 is 1.87 bits per heavy atom. The first-order chi connectivity index (χ1) is 14.5. The molecule has 1 aromatic carbocycles. The molecule has 160 valence electrons. The number of aromatic nitrogens is 4. The van der Waals surface area contributed by atoms with Crippen molar-refractivity contribution in [2.45, 2.75) is 32.7 Å². The minimum absolute atomic E-state index is 0.292. The fourth-order valence-corrected chi connectivity index (χ4v) is 4.00. The zero-order valence-corrected chi connectivity index (χ0v) is 19.3. The number of benzene rings is 1. The number of nitrogens with zero attached hydrogens (tertiary/aromatic N) is 5. The third-order valence-corrected chi connectivity index (χ3v) is 6.65. The molecule has 1 atom stereocenters. The lowest BCUT2D eigenvalue weighted by Gasteiger charge is -2.31. The SMILES string of the molecule is CC(C)C(C)(c1ccc(Br)cc1)c1noc(-c2cnn(CCN3CCOCC3)c2)n1. The van der Waals surface area contributed by atoms with Crippen LogP contribution in [0.3, 0.4) is 0 Å². The van der Waals surface area contributed by atoms with Crippen LogP contribution in [0.2, 0.25) is 0 Å². The van der Waals surface area contributed by atoms with Crippen LogP contribution < -0.4 is 0 Å². The van der Waals surface area contributed by atoms with Crippen LogP contribution in [0.15, 0.2) is 45.7 Å². The Kier molecular flexibility index (Phi) is 6.36. The van der Waals surface area contributed by atoms with Crippen molar-refractivity contribution < 1.29 is 9.26 Å². The Labute approximate surface area is 185 Å². The minimum Gasteiger partial charge on any atom is -0.379 e. The quantitative estimate of drug-likeness (QED) is 0.516. The molecule has 0 bridgehead atoms. The number of halogens is 1. The molecule has 8 heteroatoms. The molecule has 7 nitrogen and oxygen atoms in total. The van der Waals surface area contributed by atoms with Crippen molar-refractivity contribution in [3.05, 3.63) is 52.5 Å². The fourth-order valence-electron chi connectivity index (χ4n) is 3.73. The first kappa shape index (κ1) is 21.2. The van der Waals surface area contributed by atoms with Gasteiger partial charge < -0.3 is 9.26 Å². The standard InChI is InChI=1S/C22H28BrN5O2/c1-16(2)22(3,18-4-6-19(23)7-5-18)21-25-20(30-26-21)17-14-24-28(15-17)9-8-27-10-12-29-13-11-27/h4-7,14-16H,8-13H2,1-3H3. The summed E-state index contributed by atoms with van der Waals surface area (Å²) >= 11 is 3.51. The van der Waals surface area contributed by atoms with Crippen molar-refractivity contribution >= 4 is 15.9 Å². The molecule has 0 saturated carbocycles. The van der Waals surface area contributed by atoms with Crippen LogP contribution >= 0.6 is 15.9 Å². The topological polar surface area (TPSA) is 69.2 Å². The fraction of sp³-hybridized carbons (Fsp3) is 0.500. The van der Waals surface area contributed by atoms with E-state index in [1.807, 2.05) is 10.9 Å². The number of rotatable bonds is 7. The summed E-state index contributed by atoms with van der Waals surface area (Å²) in [6.07, 6.45) is 3.77. The summed E-state index contributed by atoms with van der Waals surface area (Å²) in [6.45, 7) is 11.9. The van der Waals surface area contributed by atoms with Gasteiger partial charge in [0.15, 0.2) is 5.82 Å². The summed E-state index contributed by atoms with van der Waals surface area (Å²) in [5, 5.41) is 8.83. The largest absolute Gasteiger partial charge is 0.379 e. The molecule has 3 aromatic rings. The van der Waals surface area contributed by atoms with E-state index in [4.69, 9.17) is 14.2 Å². The van der Waals surface area contributed by atoms with Gasteiger partial charge in [-0.25, -0.2) is 0 Å². The highest BCUT2D eigenvalue weighted by atomic mass is 79.9. The average Bonchev–Trinajstić information content (AvgIpc) is 3.43. The molecule has 1 fully saturated rings. The molecule has 3 heterocycles. The third kappa shape index (κ3) is 4.36. The molecule has 30 heavy (non-hydrogen) atoms. The average molecular weight is 474 g/mol. The van der Waals surface area contributed by atoms with Gasteiger partial charge in [-0.3, -0.25) is 9.58 Å². The van der Waals surface area contributed by atoms with Gasteiger partial charge in [-0.05, 0) is 30.5 Å². The summed E-state index contributed by atoms with van der Waals surface area (Å²) in [4.78, 5) is 7.16. The second-order valence-corrected chi connectivity index (χ2v) is 9.15. The van der Waals surface area contributed by atoms with Gasteiger partial charge in [0.05, 0.1) is 36.9 Å². The van der Waals surface area contributed by atoms with Crippen LogP contribution in [0.5, 0.6) is 0 Å². The minimum atomic E-state index is -0.352. The van der Waals surface area contributed by atoms with Gasteiger partial charge in [0.25, 0.3) is 5.89 Å². The molecular formula is C22H28BrN5O2. The molecular weight excluding hydrogens is 446 g/mol. The summed E-state index contributed by atoms with van der Waals surface area (Å²) in [5.74, 6) is 1.49. The predicted molar refractivity (Wildman–Crippen MR) is 118 cm³/mol. The summed E-state index contributed by atoms with van der Waals surface area (Å²) < 4.78 is 14.0. The normalized spacial score (nSPS) is 17.4. The zero-order valence-electron chi connectivity index (χ0n) is 17.7. The summed E-state index contributed by atoms with van der Waals surface area (Å²) in [6, 6.07) is 8.33. The lowest BCUT2D eigenvalue weighted by atomic mass is 9.73. The molecule has 0 amide bonds. The van der Waals surface area contributed by atoms with E-state index >= 15 is 0 Å². The van der Waals surface area contributed by atoms with Crippen LogP contribution in [-0.2, 0) is 16.7 Å². The van der Waals surface area contributed by atoms with Crippen molar-refractivity contribution in [2.75, 3.05) is 32.8 Å². The maximum absolute atomic E-state index is 5.65. The highest BCUT2D eigenvalue weighted by Crippen LogP contribution is 2.38. The van der Waals surface area contributed by atoms with E-state index in [1.165, 1.54) is 0 Å². The van der Waals surface area contributed by atoms with Gasteiger partial charge in [-0.2, -0.15) is 10.1 Å². The second-order valence-electron chi connectivity index (χ2n) is 8.23. The number of hydrogen-bond acceptors (Lipinski definition) is 6. The summed E-state index contributed by atoms with van der Waals surface area (Å²) in [7, 11) is 0. The van der Waals surface area contributed by atoms with E-state index in [0.717, 1.165) is 55.0 Å². The molecule has 0 N–H and O–H groups in total. The highest BCUT2D eigenvalue weighted by molar-refractivity contribution is 9.10. The Balaban J connectivity index is 1.51. The Hall–Kier alpha value is -2.03. The smallest absolute Gasteiger partial charge is 0.261 e. The highest BCUT2D eigenvalue weighted by Gasteiger charge is 2.37. The maximum Gasteiger partial charge on any atom is 0.261 e. The number of morpholine rings is 1. The molecule has 1 aliphatic rings. The zero-order chi connectivity index (χ0) is 21.1. The van der Waals surface area contributed by atoms with Crippen molar-refractivity contribution in [3.8, 4) is 11.5 Å². The van der Waals surface area contributed by atoms with Crippen LogP contribution in [0.4, 0.5) is 0 Å². The Morgan fingerprint density at radius 3 is 2.57 bits per heavy atom. The maximum atomic E-state index is 5.65. The predicted octanol–water partition coefficient (Wildman–Crippen LogP) is 3.99. The van der Waals surface area contributed by atoms with E-state index in [1.54, 1.807) is 6.20 Å². The van der Waals surface area contributed by atoms with Gasteiger partial charge >= 0.3 is 0 Å². The number of hydrogen-bond donors (Lipinski definition) is 0. The van der Waals surface area contributed by atoms with E-state index in [-0.39, 0.29) is 5.41 Å². The lowest BCUT2D eigenvalue weighted by molar-refractivity contribution is 0.0360. The molecule has 4 rings (SSSR count). The van der Waals surface area contributed by atoms with Crippen LogP contribution in [0, 0.1) is 5.92 Å². The molecule has 1 saturated heterocycles. The monoisotopic (exact) mass is 473 g/mol. The molecule has 2 aromatic heterocycles. The van der Waals surface area contributed by atoms with E-state index in [9.17, 15) is 0 Å². The van der Waals surface area contributed by atoms with Gasteiger partial charge in [-0.15, -0.1) is 0 Å². The van der Waals surface area contributed by atoms with Gasteiger partial charge in [0.1, 0.15) is 0 Å². The second kappa shape index (κ2) is 8.99. The molecule has 1 unspecified atom stereocenters. The summed E-state index contributed by atoms with van der Waals surface area (Å²) in [5.41, 5.74) is 1.65. The van der Waals surface area contributed by atoms with Crippen molar-refractivity contribution in [2.24, 2.45) is 5.92 Å². The number of ether oxygens (including phenoxy) is 1. The molecule has 0 spiro atoms. The first-order valence-electron chi connectivity index (χ1n) is 10.4. The van der Waals surface area contributed by atoms with Crippen LogP contribution in [0.25, 0.3) is 11.5 Å². The van der Waals surface area contributed by atoms with Gasteiger partial charge in [0.2, 0.25) is 0 Å². The molecule has 1 aliphatic heterocycles. The van der Waals surface area contributed by atoms with Gasteiger partial charge in [0, 0.05) is 30.3 Å². The van der Waals surface area contributed by atoms with E-state index in [2.05, 4.69) is 76.1 Å². The first-order valence-corrected chi connectivity index (χ1v) is 11.2. The van der Waals surface area contributed by atoms with Gasteiger partial charge in [-0.1, -0.05) is 47.1 Å².